The normalized spacial score (nSPS) is 14.8. The Balaban J connectivity index is 1.58. The molecule has 2 aromatic carbocycles. The van der Waals surface area contributed by atoms with Crippen LogP contribution in [0.25, 0.3) is 15.8 Å². The highest BCUT2D eigenvalue weighted by Gasteiger charge is 2.30. The lowest BCUT2D eigenvalue weighted by molar-refractivity contribution is 0.347. The van der Waals surface area contributed by atoms with Gasteiger partial charge >= 0.3 is 0 Å². The van der Waals surface area contributed by atoms with E-state index in [1.807, 2.05) is 29.2 Å². The molecule has 1 aliphatic rings. The summed E-state index contributed by atoms with van der Waals surface area (Å²) in [5, 5.41) is 19.6. The number of benzene rings is 2. The summed E-state index contributed by atoms with van der Waals surface area (Å²) in [7, 11) is 0. The Hall–Kier alpha value is -2.31. The zero-order valence-electron chi connectivity index (χ0n) is 13.7. The predicted octanol–water partition coefficient (Wildman–Crippen LogP) is 4.78. The van der Waals surface area contributed by atoms with Crippen molar-refractivity contribution in [1.82, 2.24) is 9.88 Å². The van der Waals surface area contributed by atoms with Crippen molar-refractivity contribution in [2.75, 3.05) is 12.8 Å². The van der Waals surface area contributed by atoms with E-state index in [9.17, 15) is 5.11 Å². The van der Waals surface area contributed by atoms with E-state index >= 15 is 0 Å². The number of aromatic nitrogens is 1. The lowest BCUT2D eigenvalue weighted by Crippen LogP contribution is -2.25. The summed E-state index contributed by atoms with van der Waals surface area (Å²) in [6.07, 6.45) is 2.05. The Morgan fingerprint density at radius 3 is 2.68 bits per heavy atom. The van der Waals surface area contributed by atoms with E-state index in [2.05, 4.69) is 35.5 Å². The van der Waals surface area contributed by atoms with Crippen LogP contribution >= 0.6 is 23.1 Å². The van der Waals surface area contributed by atoms with E-state index in [4.69, 9.17) is 5.41 Å². The monoisotopic (exact) mass is 367 g/mol. The Morgan fingerprint density at radius 2 is 1.96 bits per heavy atom. The van der Waals surface area contributed by atoms with Gasteiger partial charge < -0.3 is 10.0 Å². The number of thioether (sulfide) groups is 1. The van der Waals surface area contributed by atoms with Crippen LogP contribution in [-0.2, 0) is 6.54 Å². The average molecular weight is 367 g/mol. The molecular weight excluding hydrogens is 350 g/mol. The average Bonchev–Trinajstić information content (AvgIpc) is 3.16. The van der Waals surface area contributed by atoms with Gasteiger partial charge in [0.1, 0.15) is 16.6 Å². The number of hydrogen-bond acceptors (Lipinski definition) is 5. The smallest absolute Gasteiger partial charge is 0.135 e. The minimum Gasteiger partial charge on any atom is -0.510 e. The minimum atomic E-state index is 0.227. The predicted molar refractivity (Wildman–Crippen MR) is 106 cm³/mol. The van der Waals surface area contributed by atoms with Crippen molar-refractivity contribution in [3.05, 3.63) is 64.9 Å². The molecule has 1 aromatic heterocycles. The van der Waals surface area contributed by atoms with Crippen molar-refractivity contribution in [1.29, 1.82) is 5.41 Å². The van der Waals surface area contributed by atoms with Gasteiger partial charge in [-0.15, -0.1) is 23.1 Å². The molecule has 6 heteroatoms. The summed E-state index contributed by atoms with van der Waals surface area (Å²) in [6.45, 7) is 0.959. The van der Waals surface area contributed by atoms with E-state index < -0.39 is 0 Å². The number of amidine groups is 1. The van der Waals surface area contributed by atoms with Crippen LogP contribution < -0.4 is 0 Å². The zero-order valence-corrected chi connectivity index (χ0v) is 15.3. The molecular formula is C19H17N3OS2. The fraction of sp³-hybridized carbons (Fsp3) is 0.158. The second-order valence-corrected chi connectivity index (χ2v) is 7.77. The molecule has 0 bridgehead atoms. The van der Waals surface area contributed by atoms with Gasteiger partial charge in [-0.3, -0.25) is 5.41 Å². The van der Waals surface area contributed by atoms with Crippen molar-refractivity contribution >= 4 is 44.7 Å². The maximum Gasteiger partial charge on any atom is 0.135 e. The number of fused-ring (bicyclic) bond motifs is 1. The third-order valence-corrected chi connectivity index (χ3v) is 6.02. The van der Waals surface area contributed by atoms with Crippen molar-refractivity contribution in [3.63, 3.8) is 0 Å². The van der Waals surface area contributed by atoms with Crippen LogP contribution in [0.1, 0.15) is 10.6 Å². The van der Waals surface area contributed by atoms with Gasteiger partial charge in [-0.1, -0.05) is 24.3 Å². The number of aliphatic hydroxyl groups excluding tert-OH is 1. The second-order valence-electron chi connectivity index (χ2n) is 5.86. The molecule has 0 aliphatic carbocycles. The summed E-state index contributed by atoms with van der Waals surface area (Å²) in [4.78, 5) is 7.69. The van der Waals surface area contributed by atoms with E-state index in [-0.39, 0.29) is 5.76 Å². The summed E-state index contributed by atoms with van der Waals surface area (Å²) in [5.41, 5.74) is 2.59. The van der Waals surface area contributed by atoms with Crippen LogP contribution in [0.15, 0.2) is 59.2 Å². The highest BCUT2D eigenvalue weighted by Crippen LogP contribution is 2.33. The Morgan fingerprint density at radius 1 is 1.20 bits per heavy atom. The van der Waals surface area contributed by atoms with Crippen LogP contribution in [0, 0.1) is 5.41 Å². The zero-order chi connectivity index (χ0) is 17.4. The molecule has 2 N–H and O–H groups in total. The molecule has 0 atom stereocenters. The molecule has 25 heavy (non-hydrogen) atoms. The van der Waals surface area contributed by atoms with Crippen LogP contribution in [0.3, 0.4) is 0 Å². The van der Waals surface area contributed by atoms with Gasteiger partial charge in [0.25, 0.3) is 0 Å². The summed E-state index contributed by atoms with van der Waals surface area (Å²) in [6, 6.07) is 16.2. The molecule has 0 unspecified atom stereocenters. The van der Waals surface area contributed by atoms with Crippen molar-refractivity contribution in [2.45, 2.75) is 11.4 Å². The lowest BCUT2D eigenvalue weighted by atomic mass is 10.2. The van der Waals surface area contributed by atoms with Gasteiger partial charge in [-0.25, -0.2) is 4.98 Å². The van der Waals surface area contributed by atoms with Gasteiger partial charge in [0.2, 0.25) is 0 Å². The molecule has 3 aromatic rings. The first kappa shape index (κ1) is 16.2. The maximum absolute atomic E-state index is 10.4. The van der Waals surface area contributed by atoms with Crippen LogP contribution in [0.4, 0.5) is 0 Å². The van der Waals surface area contributed by atoms with E-state index in [1.54, 1.807) is 11.8 Å². The third kappa shape index (κ3) is 3.03. The fourth-order valence-corrected chi connectivity index (χ4v) is 4.37. The van der Waals surface area contributed by atoms with Gasteiger partial charge in [0.05, 0.1) is 22.3 Å². The molecule has 2 heterocycles. The molecule has 4 nitrogen and oxygen atoms in total. The molecule has 1 aliphatic heterocycles. The van der Waals surface area contributed by atoms with E-state index in [0.29, 0.717) is 29.5 Å². The van der Waals surface area contributed by atoms with Crippen LogP contribution in [0.2, 0.25) is 0 Å². The molecule has 126 valence electrons. The number of nitrogens with one attached hydrogen (secondary N) is 1. The number of aliphatic hydroxyl groups is 1. The largest absolute Gasteiger partial charge is 0.510 e. The highest BCUT2D eigenvalue weighted by atomic mass is 32.2. The molecule has 0 amide bonds. The molecule has 0 saturated heterocycles. The second kappa shape index (κ2) is 6.54. The minimum absolute atomic E-state index is 0.227. The molecule has 0 spiro atoms. The maximum atomic E-state index is 10.4. The Bertz CT molecular complexity index is 943. The number of para-hydroxylation sites is 1. The number of thiazole rings is 1. The van der Waals surface area contributed by atoms with Gasteiger partial charge in [-0.05, 0) is 36.1 Å². The first-order chi connectivity index (χ1) is 12.2. The van der Waals surface area contributed by atoms with Crippen molar-refractivity contribution in [2.24, 2.45) is 0 Å². The molecule has 0 saturated carbocycles. The van der Waals surface area contributed by atoms with Crippen molar-refractivity contribution < 1.29 is 5.11 Å². The summed E-state index contributed by atoms with van der Waals surface area (Å²) in [5.74, 6) is 0.565. The fourth-order valence-electron chi connectivity index (χ4n) is 2.92. The standard InChI is InChI=1S/C19H17N3OS2/c1-24-13-8-6-12(7-9-13)10-22-11-15(23)17(18(22)20)19-21-14-4-2-3-5-16(14)25-19/h2-9,20,23H,10-11H2,1H3. The first-order valence-electron chi connectivity index (χ1n) is 7.90. The summed E-state index contributed by atoms with van der Waals surface area (Å²) < 4.78 is 1.07. The first-order valence-corrected chi connectivity index (χ1v) is 9.94. The molecule has 4 rings (SSSR count). The van der Waals surface area contributed by atoms with E-state index in [0.717, 1.165) is 15.8 Å². The number of hydrogen-bond donors (Lipinski definition) is 2. The SMILES string of the molecule is CSc1ccc(CN2CC(O)=C(c3nc4ccccc4s3)C2=N)cc1. The highest BCUT2D eigenvalue weighted by molar-refractivity contribution is 7.98. The lowest BCUT2D eigenvalue weighted by Gasteiger charge is -2.18. The van der Waals surface area contributed by atoms with Crippen molar-refractivity contribution in [3.8, 4) is 0 Å². The summed E-state index contributed by atoms with van der Waals surface area (Å²) >= 11 is 3.23. The Kier molecular flexibility index (Phi) is 4.23. The van der Waals surface area contributed by atoms with E-state index in [1.165, 1.54) is 16.2 Å². The van der Waals surface area contributed by atoms with Gasteiger partial charge in [-0.2, -0.15) is 0 Å². The molecule has 0 fully saturated rings. The van der Waals surface area contributed by atoms with Crippen LogP contribution in [-0.4, -0.2) is 33.6 Å². The van der Waals surface area contributed by atoms with Gasteiger partial charge in [0, 0.05) is 11.4 Å². The van der Waals surface area contributed by atoms with Gasteiger partial charge in [0.15, 0.2) is 0 Å². The van der Waals surface area contributed by atoms with Crippen LogP contribution in [0.5, 0.6) is 0 Å². The third-order valence-electron chi connectivity index (χ3n) is 4.22. The number of rotatable bonds is 4. The molecule has 0 radical (unpaired) electrons. The topological polar surface area (TPSA) is 60.2 Å². The number of nitrogens with zero attached hydrogens (tertiary/aromatic N) is 2. The quantitative estimate of drug-likeness (QED) is 0.652. The Labute approximate surface area is 154 Å².